The van der Waals surface area contributed by atoms with Crippen molar-refractivity contribution in [2.75, 3.05) is 6.61 Å². The smallest absolute Gasteiger partial charge is 0.163 e. The molecule has 0 spiro atoms. The number of fused-ring (bicyclic) bond motifs is 2. The van der Waals surface area contributed by atoms with Crippen molar-refractivity contribution in [1.82, 2.24) is 0 Å². The minimum atomic E-state index is 0.0558. The van der Waals surface area contributed by atoms with Crippen LogP contribution in [0.2, 0.25) is 0 Å². The Balaban J connectivity index is 2.02. The minimum absolute atomic E-state index is 0.0558. The molecule has 1 heterocycles. The number of hydrogen-bond donors (Lipinski definition) is 1. The molecule has 1 aliphatic rings. The lowest BCUT2D eigenvalue weighted by atomic mass is 10.0. The van der Waals surface area contributed by atoms with Crippen molar-refractivity contribution in [3.63, 3.8) is 0 Å². The molecule has 4 heteroatoms. The Morgan fingerprint density at radius 2 is 1.92 bits per heavy atom. The van der Waals surface area contributed by atoms with Gasteiger partial charge in [0.15, 0.2) is 17.3 Å². The van der Waals surface area contributed by atoms with Crippen LogP contribution in [-0.2, 0) is 0 Å². The van der Waals surface area contributed by atoms with E-state index in [1.54, 1.807) is 12.1 Å². The number of ether oxygens (including phenoxy) is 1. The summed E-state index contributed by atoms with van der Waals surface area (Å²) in [5.74, 6) is 1.39. The zero-order valence-electron chi connectivity index (χ0n) is 15.0. The van der Waals surface area contributed by atoms with Gasteiger partial charge in [0.25, 0.3) is 0 Å². The van der Waals surface area contributed by atoms with E-state index in [-0.39, 0.29) is 12.4 Å². The van der Waals surface area contributed by atoms with Crippen molar-refractivity contribution < 1.29 is 14.6 Å². The summed E-state index contributed by atoms with van der Waals surface area (Å²) in [5.41, 5.74) is 4.53. The number of aliphatic hydroxyl groups is 1. The Morgan fingerprint density at radius 1 is 1.16 bits per heavy atom. The van der Waals surface area contributed by atoms with Crippen molar-refractivity contribution in [1.29, 1.82) is 0 Å². The summed E-state index contributed by atoms with van der Waals surface area (Å²) in [6.07, 6.45) is 1.75. The average molecular weight is 337 g/mol. The third-order valence-electron chi connectivity index (χ3n) is 4.92. The largest absolute Gasteiger partial charge is 0.452 e. The van der Waals surface area contributed by atoms with Crippen LogP contribution in [0.1, 0.15) is 46.3 Å². The number of unbranched alkanes of at least 4 members (excludes halogenated alkanes) is 1. The van der Waals surface area contributed by atoms with Crippen LogP contribution in [0.3, 0.4) is 0 Å². The molecule has 3 rings (SSSR count). The maximum absolute atomic E-state index is 12.3. The summed E-state index contributed by atoms with van der Waals surface area (Å²) < 4.78 is 6.12. The molecule has 0 atom stereocenters. The van der Waals surface area contributed by atoms with E-state index in [1.165, 1.54) is 0 Å². The number of nitrogens with zero attached hydrogens (tertiary/aromatic N) is 1. The topological polar surface area (TPSA) is 58.9 Å². The van der Waals surface area contributed by atoms with E-state index in [2.05, 4.69) is 6.58 Å². The van der Waals surface area contributed by atoms with Gasteiger partial charge in [-0.25, -0.2) is 4.99 Å². The number of carbonyl (C=O) groups is 1. The number of ketones is 1. The van der Waals surface area contributed by atoms with Gasteiger partial charge in [-0.05, 0) is 68.2 Å². The average Bonchev–Trinajstić information content (AvgIpc) is 2.63. The van der Waals surface area contributed by atoms with Gasteiger partial charge in [0.1, 0.15) is 11.0 Å². The predicted molar refractivity (Wildman–Crippen MR) is 98.4 cm³/mol. The molecule has 2 aromatic carbocycles. The number of hydrogen-bond acceptors (Lipinski definition) is 4. The van der Waals surface area contributed by atoms with E-state index in [1.807, 2.05) is 26.8 Å². The highest BCUT2D eigenvalue weighted by Crippen LogP contribution is 2.36. The molecule has 0 amide bonds. The van der Waals surface area contributed by atoms with E-state index in [0.29, 0.717) is 30.6 Å². The highest BCUT2D eigenvalue weighted by atomic mass is 16.5. The second-order valence-corrected chi connectivity index (χ2v) is 6.53. The molecule has 0 unspecified atom stereocenters. The third kappa shape index (κ3) is 3.10. The monoisotopic (exact) mass is 337 g/mol. The van der Waals surface area contributed by atoms with Crippen LogP contribution >= 0.6 is 0 Å². The van der Waals surface area contributed by atoms with Gasteiger partial charge < -0.3 is 9.84 Å². The van der Waals surface area contributed by atoms with Crippen molar-refractivity contribution in [2.24, 2.45) is 4.99 Å². The van der Waals surface area contributed by atoms with Gasteiger partial charge in [-0.3, -0.25) is 4.79 Å². The van der Waals surface area contributed by atoms with E-state index in [9.17, 15) is 4.79 Å². The molecule has 2 aromatic rings. The lowest BCUT2D eigenvalue weighted by molar-refractivity contribution is 0.0977. The van der Waals surface area contributed by atoms with Crippen LogP contribution in [0.4, 0.5) is 5.69 Å². The molecular formula is C21H23NO3. The highest BCUT2D eigenvalue weighted by Gasteiger charge is 2.19. The van der Waals surface area contributed by atoms with E-state index < -0.39 is 0 Å². The molecule has 0 aromatic heterocycles. The standard InChI is InChI=1S/C21H23NO3/c1-12-13(2)15(4)21-20(14(12)3)22-17-9-8-16(11-19(17)25-21)18(24)7-5-6-10-23/h8-9,11,23H,2,5-7,10H2,1,3-4H3. The number of aliphatic hydroxyl groups excluding tert-OH is 1. The molecule has 0 saturated heterocycles. The Hall–Kier alpha value is -2.46. The summed E-state index contributed by atoms with van der Waals surface area (Å²) in [6, 6.07) is 5.39. The van der Waals surface area contributed by atoms with Crippen LogP contribution in [0, 0.1) is 20.8 Å². The first-order valence-electron chi connectivity index (χ1n) is 8.57. The number of benzene rings is 2. The summed E-state index contributed by atoms with van der Waals surface area (Å²) in [6.45, 7) is 10.3. The Morgan fingerprint density at radius 3 is 2.64 bits per heavy atom. The van der Waals surface area contributed by atoms with Gasteiger partial charge in [0.05, 0.1) is 0 Å². The van der Waals surface area contributed by atoms with Gasteiger partial charge in [-0.1, -0.05) is 6.58 Å². The zero-order chi connectivity index (χ0) is 18.1. The van der Waals surface area contributed by atoms with Crippen LogP contribution in [0.5, 0.6) is 11.5 Å². The fourth-order valence-corrected chi connectivity index (χ4v) is 3.06. The first kappa shape index (κ1) is 17.4. The van der Waals surface area contributed by atoms with Crippen molar-refractivity contribution in [3.8, 4) is 11.5 Å². The number of Topliss-reactive ketones (excluding diaryl/α,β-unsaturated/α-hetero) is 1. The summed E-state index contributed by atoms with van der Waals surface area (Å²) in [4.78, 5) is 17.0. The molecule has 25 heavy (non-hydrogen) atoms. The van der Waals surface area contributed by atoms with Gasteiger partial charge in [-0.15, -0.1) is 0 Å². The zero-order valence-corrected chi connectivity index (χ0v) is 15.0. The molecule has 1 N–H and O–H groups in total. The number of rotatable bonds is 5. The minimum Gasteiger partial charge on any atom is -0.452 e. The Labute approximate surface area is 147 Å². The molecular weight excluding hydrogens is 314 g/mol. The normalized spacial score (nSPS) is 12.0. The maximum Gasteiger partial charge on any atom is 0.163 e. The lowest BCUT2D eigenvalue weighted by Gasteiger charge is -2.19. The summed E-state index contributed by atoms with van der Waals surface area (Å²) in [7, 11) is 0. The highest BCUT2D eigenvalue weighted by molar-refractivity contribution is 5.97. The summed E-state index contributed by atoms with van der Waals surface area (Å²) in [5, 5.41) is 10.7. The van der Waals surface area contributed by atoms with Gasteiger partial charge in [0, 0.05) is 24.2 Å². The van der Waals surface area contributed by atoms with Crippen molar-refractivity contribution >= 4 is 18.0 Å². The van der Waals surface area contributed by atoms with Crippen LogP contribution in [-0.4, -0.2) is 17.5 Å². The molecule has 0 bridgehead atoms. The fourth-order valence-electron chi connectivity index (χ4n) is 3.06. The van der Waals surface area contributed by atoms with E-state index in [4.69, 9.17) is 14.8 Å². The molecule has 0 fully saturated rings. The first-order valence-corrected chi connectivity index (χ1v) is 8.57. The van der Waals surface area contributed by atoms with Crippen molar-refractivity contribution in [3.05, 3.63) is 51.0 Å². The Kier molecular flexibility index (Phi) is 4.73. The van der Waals surface area contributed by atoms with Crippen molar-refractivity contribution in [2.45, 2.75) is 40.0 Å². The molecule has 4 nitrogen and oxygen atoms in total. The number of carbonyl (C=O) groups excluding carboxylic acids is 1. The van der Waals surface area contributed by atoms with E-state index in [0.717, 1.165) is 38.7 Å². The van der Waals surface area contributed by atoms with Crippen LogP contribution in [0.25, 0.3) is 6.58 Å². The third-order valence-corrected chi connectivity index (χ3v) is 4.92. The molecule has 130 valence electrons. The SMILES string of the molecule is C=c1c(C)c(C)c2c(c1C)Oc1cc(C(=O)CCCCO)ccc1N=2. The molecule has 0 aliphatic carbocycles. The predicted octanol–water partition coefficient (Wildman–Crippen LogP) is 3.42. The van der Waals surface area contributed by atoms with E-state index >= 15 is 0 Å². The van der Waals surface area contributed by atoms with Gasteiger partial charge >= 0.3 is 0 Å². The summed E-state index contributed by atoms with van der Waals surface area (Å²) >= 11 is 0. The van der Waals surface area contributed by atoms with Gasteiger partial charge in [-0.2, -0.15) is 0 Å². The fraction of sp³-hybridized carbons (Fsp3) is 0.333. The molecule has 0 radical (unpaired) electrons. The maximum atomic E-state index is 12.3. The first-order chi connectivity index (χ1) is 11.9. The quantitative estimate of drug-likeness (QED) is 0.573. The second kappa shape index (κ2) is 6.81. The molecule has 0 saturated carbocycles. The van der Waals surface area contributed by atoms with Crippen LogP contribution in [0.15, 0.2) is 23.2 Å². The second-order valence-electron chi connectivity index (χ2n) is 6.53. The van der Waals surface area contributed by atoms with Gasteiger partial charge in [0.2, 0.25) is 0 Å². The van der Waals surface area contributed by atoms with Crippen LogP contribution < -0.4 is 15.3 Å². The Bertz CT molecular complexity index is 960. The molecule has 1 aliphatic heterocycles. The lowest BCUT2D eigenvalue weighted by Crippen LogP contribution is -2.24.